The number of amides is 1. The highest BCUT2D eigenvalue weighted by atomic mass is 35.5. The van der Waals surface area contributed by atoms with E-state index in [0.29, 0.717) is 52.8 Å². The van der Waals surface area contributed by atoms with E-state index in [0.717, 1.165) is 0 Å². The zero-order valence-corrected chi connectivity index (χ0v) is 19.2. The third-order valence-electron chi connectivity index (χ3n) is 4.28. The van der Waals surface area contributed by atoms with Crippen molar-refractivity contribution >= 4 is 80.8 Å². The van der Waals surface area contributed by atoms with E-state index in [9.17, 15) is 4.79 Å². The number of hydrogen-bond donors (Lipinski definition) is 0. The molecule has 1 aliphatic rings. The number of nitrogens with zero attached hydrogens (tertiary/aromatic N) is 1. The summed E-state index contributed by atoms with van der Waals surface area (Å²) in [6, 6.07) is 13.7. The van der Waals surface area contributed by atoms with Gasteiger partial charge in [0.05, 0.1) is 27.7 Å². The standard InChI is InChI=1S/C21H12Cl3NO3S2/c1-27-18-6-3-12(9-16(18)24)25-20(26)19(30-21(25)29)10-13-4-7-17(28-13)14-8-11(22)2-5-15(14)23/h2-10H,1H3/b19-10+. The molecule has 0 saturated carbocycles. The average molecular weight is 497 g/mol. The monoisotopic (exact) mass is 495 g/mol. The van der Waals surface area contributed by atoms with Crippen molar-refractivity contribution in [2.24, 2.45) is 0 Å². The molecule has 0 atom stereocenters. The first-order valence-electron chi connectivity index (χ1n) is 8.54. The minimum absolute atomic E-state index is 0.259. The number of thiocarbonyl (C=S) groups is 1. The molecule has 30 heavy (non-hydrogen) atoms. The van der Waals surface area contributed by atoms with Crippen molar-refractivity contribution in [2.75, 3.05) is 12.0 Å². The molecule has 0 aliphatic carbocycles. The molecule has 1 saturated heterocycles. The lowest BCUT2D eigenvalue weighted by molar-refractivity contribution is -0.113. The SMILES string of the molecule is COc1ccc(N2C(=O)/C(=C\c3ccc(-c4cc(Cl)ccc4Cl)o3)SC2=S)cc1Cl. The Labute approximate surface area is 197 Å². The van der Waals surface area contributed by atoms with Crippen LogP contribution >= 0.6 is 58.8 Å². The van der Waals surface area contributed by atoms with Crippen molar-refractivity contribution < 1.29 is 13.9 Å². The number of benzene rings is 2. The summed E-state index contributed by atoms with van der Waals surface area (Å²) in [7, 11) is 1.53. The van der Waals surface area contributed by atoms with Crippen LogP contribution in [0.25, 0.3) is 17.4 Å². The van der Waals surface area contributed by atoms with Crippen LogP contribution in [0.5, 0.6) is 5.75 Å². The summed E-state index contributed by atoms with van der Waals surface area (Å²) in [4.78, 5) is 14.8. The van der Waals surface area contributed by atoms with Gasteiger partial charge in [-0.05, 0) is 48.5 Å². The van der Waals surface area contributed by atoms with Crippen molar-refractivity contribution in [2.45, 2.75) is 0 Å². The fourth-order valence-corrected chi connectivity index (χ4v) is 4.79. The van der Waals surface area contributed by atoms with Crippen LogP contribution in [0.15, 0.2) is 57.9 Å². The summed E-state index contributed by atoms with van der Waals surface area (Å²) < 4.78 is 11.4. The second-order valence-electron chi connectivity index (χ2n) is 6.16. The fraction of sp³-hybridized carbons (Fsp3) is 0.0476. The van der Waals surface area contributed by atoms with Gasteiger partial charge >= 0.3 is 0 Å². The Kier molecular flexibility index (Phi) is 6.14. The van der Waals surface area contributed by atoms with Crippen molar-refractivity contribution in [3.8, 4) is 17.1 Å². The molecule has 1 aliphatic heterocycles. The maximum atomic E-state index is 13.0. The second-order valence-corrected chi connectivity index (χ2v) is 9.09. The van der Waals surface area contributed by atoms with Gasteiger partial charge in [0.15, 0.2) is 4.32 Å². The molecule has 1 amide bonds. The third kappa shape index (κ3) is 4.11. The molecule has 0 bridgehead atoms. The molecule has 3 aromatic rings. The van der Waals surface area contributed by atoms with E-state index >= 15 is 0 Å². The van der Waals surface area contributed by atoms with Gasteiger partial charge in [-0.15, -0.1) is 0 Å². The molecule has 0 spiro atoms. The number of ether oxygens (including phenoxy) is 1. The van der Waals surface area contributed by atoms with Gasteiger partial charge in [-0.1, -0.05) is 58.8 Å². The lowest BCUT2D eigenvalue weighted by atomic mass is 10.2. The fourth-order valence-electron chi connectivity index (χ4n) is 2.88. The number of carbonyl (C=O) groups excluding carboxylic acids is 1. The van der Waals surface area contributed by atoms with E-state index in [1.54, 1.807) is 54.6 Å². The topological polar surface area (TPSA) is 42.7 Å². The first-order chi connectivity index (χ1) is 14.4. The predicted octanol–water partition coefficient (Wildman–Crippen LogP) is 7.32. The zero-order valence-electron chi connectivity index (χ0n) is 15.3. The van der Waals surface area contributed by atoms with Crippen LogP contribution in [-0.2, 0) is 4.79 Å². The van der Waals surface area contributed by atoms with Gasteiger partial charge in [-0.25, -0.2) is 0 Å². The average Bonchev–Trinajstić information content (AvgIpc) is 3.28. The smallest absolute Gasteiger partial charge is 0.270 e. The maximum absolute atomic E-state index is 13.0. The number of thioether (sulfide) groups is 1. The molecule has 0 radical (unpaired) electrons. The van der Waals surface area contributed by atoms with Crippen LogP contribution in [0.4, 0.5) is 5.69 Å². The van der Waals surface area contributed by atoms with E-state index in [1.165, 1.54) is 23.8 Å². The molecule has 2 aromatic carbocycles. The number of furan rings is 1. The lowest BCUT2D eigenvalue weighted by Crippen LogP contribution is -2.27. The Hall–Kier alpha value is -1.96. The minimum Gasteiger partial charge on any atom is -0.495 e. The molecule has 4 nitrogen and oxygen atoms in total. The normalized spacial score (nSPS) is 15.3. The predicted molar refractivity (Wildman–Crippen MR) is 128 cm³/mol. The highest BCUT2D eigenvalue weighted by Crippen LogP contribution is 2.39. The molecule has 4 rings (SSSR count). The second kappa shape index (κ2) is 8.65. The molecule has 1 fully saturated rings. The van der Waals surface area contributed by atoms with Crippen LogP contribution in [0.1, 0.15) is 5.76 Å². The van der Waals surface area contributed by atoms with Gasteiger partial charge in [-0.2, -0.15) is 0 Å². The lowest BCUT2D eigenvalue weighted by Gasteiger charge is -2.15. The number of anilines is 1. The van der Waals surface area contributed by atoms with E-state index < -0.39 is 0 Å². The molecule has 1 aromatic heterocycles. The van der Waals surface area contributed by atoms with Gasteiger partial charge in [-0.3, -0.25) is 9.69 Å². The zero-order chi connectivity index (χ0) is 21.4. The summed E-state index contributed by atoms with van der Waals surface area (Å²) in [6.45, 7) is 0. The Morgan fingerprint density at radius 1 is 1.07 bits per heavy atom. The van der Waals surface area contributed by atoms with Crippen LogP contribution in [0, 0.1) is 0 Å². The van der Waals surface area contributed by atoms with Crippen molar-refractivity contribution in [3.05, 3.63) is 74.3 Å². The van der Waals surface area contributed by atoms with E-state index in [4.69, 9.17) is 56.2 Å². The highest BCUT2D eigenvalue weighted by molar-refractivity contribution is 8.27. The van der Waals surface area contributed by atoms with E-state index in [1.807, 2.05) is 0 Å². The van der Waals surface area contributed by atoms with Gasteiger partial charge in [0, 0.05) is 16.7 Å². The Balaban J connectivity index is 1.62. The molecular weight excluding hydrogens is 485 g/mol. The van der Waals surface area contributed by atoms with Gasteiger partial charge in [0.25, 0.3) is 5.91 Å². The van der Waals surface area contributed by atoms with Crippen molar-refractivity contribution in [1.29, 1.82) is 0 Å². The largest absolute Gasteiger partial charge is 0.495 e. The molecule has 0 unspecified atom stereocenters. The Morgan fingerprint density at radius 2 is 1.87 bits per heavy atom. The Morgan fingerprint density at radius 3 is 2.60 bits per heavy atom. The van der Waals surface area contributed by atoms with Crippen molar-refractivity contribution in [3.63, 3.8) is 0 Å². The molecule has 9 heteroatoms. The first kappa shape index (κ1) is 21.3. The number of halogens is 3. The van der Waals surface area contributed by atoms with Gasteiger partial charge in [0.1, 0.15) is 17.3 Å². The third-order valence-corrected chi connectivity index (χ3v) is 6.44. The summed E-state index contributed by atoms with van der Waals surface area (Å²) in [5.41, 5.74) is 1.24. The first-order valence-corrected chi connectivity index (χ1v) is 10.9. The Bertz CT molecular complexity index is 1210. The van der Waals surface area contributed by atoms with E-state index in [2.05, 4.69) is 0 Å². The summed E-state index contributed by atoms with van der Waals surface area (Å²) in [6.07, 6.45) is 1.65. The summed E-state index contributed by atoms with van der Waals surface area (Å²) in [5.74, 6) is 1.30. The highest BCUT2D eigenvalue weighted by Gasteiger charge is 2.34. The summed E-state index contributed by atoms with van der Waals surface area (Å²) in [5, 5.41) is 1.46. The van der Waals surface area contributed by atoms with E-state index in [-0.39, 0.29) is 5.91 Å². The van der Waals surface area contributed by atoms with Crippen LogP contribution in [-0.4, -0.2) is 17.3 Å². The van der Waals surface area contributed by atoms with Crippen LogP contribution in [0.3, 0.4) is 0 Å². The molecule has 152 valence electrons. The molecule has 0 N–H and O–H groups in total. The van der Waals surface area contributed by atoms with Gasteiger partial charge in [0.2, 0.25) is 0 Å². The number of rotatable bonds is 4. The summed E-state index contributed by atoms with van der Waals surface area (Å²) >= 11 is 25.1. The minimum atomic E-state index is -0.259. The molecule has 2 heterocycles. The number of methoxy groups -OCH3 is 1. The van der Waals surface area contributed by atoms with Crippen LogP contribution in [0.2, 0.25) is 15.1 Å². The quantitative estimate of drug-likeness (QED) is 0.279. The van der Waals surface area contributed by atoms with Crippen LogP contribution < -0.4 is 9.64 Å². The van der Waals surface area contributed by atoms with Gasteiger partial charge < -0.3 is 9.15 Å². The number of carbonyl (C=O) groups is 1. The molecular formula is C21H12Cl3NO3S2. The van der Waals surface area contributed by atoms with Crippen molar-refractivity contribution in [1.82, 2.24) is 0 Å². The number of hydrogen-bond acceptors (Lipinski definition) is 5. The maximum Gasteiger partial charge on any atom is 0.270 e.